The van der Waals surface area contributed by atoms with Crippen LogP contribution in [0.1, 0.15) is 29.2 Å². The summed E-state index contributed by atoms with van der Waals surface area (Å²) in [6, 6.07) is 12.7. The van der Waals surface area contributed by atoms with Crippen LogP contribution in [-0.2, 0) is 0 Å². The Morgan fingerprint density at radius 2 is 1.89 bits per heavy atom. The second-order valence-corrected chi connectivity index (χ2v) is 6.83. The van der Waals surface area contributed by atoms with Gasteiger partial charge < -0.3 is 9.47 Å². The van der Waals surface area contributed by atoms with E-state index in [1.165, 1.54) is 18.2 Å². The van der Waals surface area contributed by atoms with Crippen molar-refractivity contribution < 1.29 is 9.47 Å². The number of hydrogen-bond donors (Lipinski definition) is 0. The summed E-state index contributed by atoms with van der Waals surface area (Å²) >= 11 is 0. The first kappa shape index (κ1) is 18.1. The number of aromatic nitrogens is 4. The van der Waals surface area contributed by atoms with Crippen LogP contribution in [0, 0.1) is 12.8 Å². The van der Waals surface area contributed by atoms with E-state index in [0.29, 0.717) is 29.0 Å². The Balaban J connectivity index is 1.58. The molecule has 2 aromatic heterocycles. The highest BCUT2D eigenvalue weighted by molar-refractivity contribution is 5.65. The fraction of sp³-hybridized carbons (Fsp3) is 0.273. The summed E-state index contributed by atoms with van der Waals surface area (Å²) in [6.07, 6.45) is 7.26. The van der Waals surface area contributed by atoms with Gasteiger partial charge in [-0.25, -0.2) is 4.98 Å². The van der Waals surface area contributed by atoms with Crippen molar-refractivity contribution >= 4 is 6.08 Å². The van der Waals surface area contributed by atoms with E-state index in [4.69, 9.17) is 9.47 Å². The lowest BCUT2D eigenvalue weighted by Gasteiger charge is -2.10. The summed E-state index contributed by atoms with van der Waals surface area (Å²) in [5, 5.41) is 8.70. The third-order valence-electron chi connectivity index (χ3n) is 4.98. The molecule has 1 aromatic carbocycles. The molecule has 1 aliphatic carbocycles. The Hall–Kier alpha value is -3.28. The second-order valence-electron chi connectivity index (χ2n) is 6.83. The van der Waals surface area contributed by atoms with E-state index >= 15 is 0 Å². The summed E-state index contributed by atoms with van der Waals surface area (Å²) in [5.41, 5.74) is 4.80. The molecule has 0 radical (unpaired) electrons. The lowest BCUT2D eigenvalue weighted by Crippen LogP contribution is -2.01. The molecule has 0 saturated heterocycles. The molecule has 0 bridgehead atoms. The molecule has 6 nitrogen and oxygen atoms in total. The first-order valence-corrected chi connectivity index (χ1v) is 9.22. The van der Waals surface area contributed by atoms with Gasteiger partial charge in [0.05, 0.1) is 25.5 Å². The molecule has 6 heteroatoms. The lowest BCUT2D eigenvalue weighted by atomic mass is 10.0. The molecule has 1 fully saturated rings. The van der Waals surface area contributed by atoms with Gasteiger partial charge in [0.15, 0.2) is 0 Å². The van der Waals surface area contributed by atoms with E-state index in [-0.39, 0.29) is 6.01 Å². The molecule has 1 saturated carbocycles. The standard InChI is InChI=1S/C22H22N4O2/c1-14-17(18-11-16(18)10-9-15-7-5-4-6-8-15)12-20(26-25-14)19-13-23-22(28-3)24-21(19)27-2/h4-10,12-13,16,18H,11H2,1-3H3/b10-9+/t16-,18?/m0/s1. The van der Waals surface area contributed by atoms with Crippen molar-refractivity contribution in [1.29, 1.82) is 0 Å². The van der Waals surface area contributed by atoms with Crippen LogP contribution in [0.4, 0.5) is 0 Å². The van der Waals surface area contributed by atoms with Crippen LogP contribution in [0.3, 0.4) is 0 Å². The van der Waals surface area contributed by atoms with Crippen LogP contribution in [-0.4, -0.2) is 34.4 Å². The Kier molecular flexibility index (Phi) is 5.02. The predicted octanol–water partition coefficient (Wildman–Crippen LogP) is 4.08. The molecule has 0 spiro atoms. The van der Waals surface area contributed by atoms with Gasteiger partial charge in [-0.05, 0) is 42.4 Å². The molecular weight excluding hydrogens is 352 g/mol. The van der Waals surface area contributed by atoms with Crippen molar-refractivity contribution in [3.05, 3.63) is 65.5 Å². The molecule has 142 valence electrons. The van der Waals surface area contributed by atoms with Crippen molar-refractivity contribution in [2.24, 2.45) is 5.92 Å². The summed E-state index contributed by atoms with van der Waals surface area (Å²) in [7, 11) is 3.09. The fourth-order valence-electron chi connectivity index (χ4n) is 3.34. The van der Waals surface area contributed by atoms with Gasteiger partial charge in [0.2, 0.25) is 5.88 Å². The molecule has 0 aliphatic heterocycles. The maximum Gasteiger partial charge on any atom is 0.319 e. The highest BCUT2D eigenvalue weighted by atomic mass is 16.5. The lowest BCUT2D eigenvalue weighted by molar-refractivity contribution is 0.353. The van der Waals surface area contributed by atoms with Crippen molar-refractivity contribution in [2.75, 3.05) is 14.2 Å². The molecule has 1 aliphatic rings. The number of aryl methyl sites for hydroxylation is 1. The summed E-state index contributed by atoms with van der Waals surface area (Å²) in [4.78, 5) is 8.42. The average Bonchev–Trinajstić information content (AvgIpc) is 3.52. The normalized spacial score (nSPS) is 18.2. The topological polar surface area (TPSA) is 70.0 Å². The van der Waals surface area contributed by atoms with Gasteiger partial charge in [-0.2, -0.15) is 10.1 Å². The highest BCUT2D eigenvalue weighted by Gasteiger charge is 2.37. The molecular formula is C22H22N4O2. The van der Waals surface area contributed by atoms with Crippen molar-refractivity contribution in [2.45, 2.75) is 19.3 Å². The number of ether oxygens (including phenoxy) is 2. The van der Waals surface area contributed by atoms with E-state index in [2.05, 4.69) is 62.6 Å². The average molecular weight is 374 g/mol. The van der Waals surface area contributed by atoms with Crippen LogP contribution in [0.15, 0.2) is 48.7 Å². The van der Waals surface area contributed by atoms with E-state index < -0.39 is 0 Å². The Bertz CT molecular complexity index is 1000. The molecule has 1 unspecified atom stereocenters. The monoisotopic (exact) mass is 374 g/mol. The molecule has 28 heavy (non-hydrogen) atoms. The summed E-state index contributed by atoms with van der Waals surface area (Å²) < 4.78 is 10.5. The van der Waals surface area contributed by atoms with Gasteiger partial charge >= 0.3 is 6.01 Å². The first-order valence-electron chi connectivity index (χ1n) is 9.22. The molecule has 0 N–H and O–H groups in total. The van der Waals surface area contributed by atoms with Gasteiger partial charge in [0.25, 0.3) is 0 Å². The van der Waals surface area contributed by atoms with Crippen LogP contribution < -0.4 is 9.47 Å². The Morgan fingerprint density at radius 3 is 2.64 bits per heavy atom. The minimum Gasteiger partial charge on any atom is -0.480 e. The minimum absolute atomic E-state index is 0.259. The van der Waals surface area contributed by atoms with Gasteiger partial charge in [-0.1, -0.05) is 42.5 Å². The quantitative estimate of drug-likeness (QED) is 0.648. The minimum atomic E-state index is 0.259. The van der Waals surface area contributed by atoms with Gasteiger partial charge in [-0.3, -0.25) is 0 Å². The van der Waals surface area contributed by atoms with Gasteiger partial charge in [-0.15, -0.1) is 5.10 Å². The number of methoxy groups -OCH3 is 2. The number of rotatable bonds is 6. The van der Waals surface area contributed by atoms with Crippen LogP contribution in [0.25, 0.3) is 17.3 Å². The largest absolute Gasteiger partial charge is 0.480 e. The van der Waals surface area contributed by atoms with Crippen molar-refractivity contribution in [3.8, 4) is 23.1 Å². The van der Waals surface area contributed by atoms with Crippen LogP contribution in [0.2, 0.25) is 0 Å². The highest BCUT2D eigenvalue weighted by Crippen LogP contribution is 2.50. The Morgan fingerprint density at radius 1 is 1.07 bits per heavy atom. The molecule has 0 amide bonds. The van der Waals surface area contributed by atoms with E-state index in [1.807, 2.05) is 13.0 Å². The van der Waals surface area contributed by atoms with Crippen LogP contribution in [0.5, 0.6) is 11.9 Å². The van der Waals surface area contributed by atoms with Crippen LogP contribution >= 0.6 is 0 Å². The van der Waals surface area contributed by atoms with Crippen molar-refractivity contribution in [3.63, 3.8) is 0 Å². The zero-order chi connectivity index (χ0) is 19.5. The zero-order valence-corrected chi connectivity index (χ0v) is 16.2. The van der Waals surface area contributed by atoms with Crippen molar-refractivity contribution in [1.82, 2.24) is 20.2 Å². The zero-order valence-electron chi connectivity index (χ0n) is 16.2. The smallest absolute Gasteiger partial charge is 0.319 e. The maximum absolute atomic E-state index is 5.39. The maximum atomic E-state index is 5.39. The van der Waals surface area contributed by atoms with E-state index in [0.717, 1.165) is 12.1 Å². The second kappa shape index (κ2) is 7.76. The number of nitrogens with zero attached hydrogens (tertiary/aromatic N) is 4. The number of benzene rings is 1. The van der Waals surface area contributed by atoms with E-state index in [1.54, 1.807) is 13.3 Å². The van der Waals surface area contributed by atoms with E-state index in [9.17, 15) is 0 Å². The number of hydrogen-bond acceptors (Lipinski definition) is 6. The third kappa shape index (κ3) is 3.71. The summed E-state index contributed by atoms with van der Waals surface area (Å²) in [5.74, 6) is 1.40. The molecule has 2 atom stereocenters. The molecule has 4 rings (SSSR count). The molecule has 2 heterocycles. The Labute approximate surface area is 164 Å². The summed E-state index contributed by atoms with van der Waals surface area (Å²) in [6.45, 7) is 2.00. The fourth-order valence-corrected chi connectivity index (χ4v) is 3.34. The SMILES string of the molecule is COc1ncc(-c2cc(C3C[C@@H]3/C=C/c3ccccc3)c(C)nn2)c(OC)n1. The van der Waals surface area contributed by atoms with Gasteiger partial charge in [0, 0.05) is 6.20 Å². The first-order chi connectivity index (χ1) is 13.7. The number of allylic oxidation sites excluding steroid dienone is 1. The third-order valence-corrected chi connectivity index (χ3v) is 4.98. The predicted molar refractivity (Wildman–Crippen MR) is 107 cm³/mol. The van der Waals surface area contributed by atoms with Gasteiger partial charge in [0.1, 0.15) is 5.69 Å². The molecule has 3 aromatic rings.